The van der Waals surface area contributed by atoms with Gasteiger partial charge in [-0.05, 0) is 144 Å². The zero-order valence-electron chi connectivity index (χ0n) is 36.8. The predicted molar refractivity (Wildman–Crippen MR) is 255 cm³/mol. The molecule has 2 aromatic rings. The molecule has 63 heavy (non-hydrogen) atoms. The molecule has 20 heteroatoms. The molecule has 0 radical (unpaired) electrons. The number of carbonyl (C=O) groups excluding carboxylic acids is 3. The number of carboxylic acid groups (broad SMARTS) is 1. The van der Waals surface area contributed by atoms with Crippen LogP contribution >= 0.6 is 24.4 Å². The first-order chi connectivity index (χ1) is 30.5. The Morgan fingerprint density at radius 2 is 1.24 bits per heavy atom. The van der Waals surface area contributed by atoms with Crippen molar-refractivity contribution in [1.29, 1.82) is 0 Å². The van der Waals surface area contributed by atoms with E-state index in [-0.39, 0.29) is 35.6 Å². The summed E-state index contributed by atoms with van der Waals surface area (Å²) < 4.78 is 18.7. The van der Waals surface area contributed by atoms with Gasteiger partial charge in [0.1, 0.15) is 6.04 Å². The van der Waals surface area contributed by atoms with Crippen LogP contribution < -0.4 is 69.9 Å². The van der Waals surface area contributed by atoms with E-state index in [0.29, 0.717) is 163 Å². The molecule has 2 aromatic carbocycles. The fraction of sp³-hybridized carbons (Fsp3) is 0.628. The molecule has 18 nitrogen and oxygen atoms in total. The molecule has 0 saturated heterocycles. The summed E-state index contributed by atoms with van der Waals surface area (Å²) in [7, 11) is 0. The van der Waals surface area contributed by atoms with Crippen molar-refractivity contribution in [2.75, 3.05) is 95.3 Å². The van der Waals surface area contributed by atoms with E-state index in [1.165, 1.54) is 11.8 Å². The molecule has 0 aliphatic rings. The van der Waals surface area contributed by atoms with Gasteiger partial charge in [-0.2, -0.15) is 24.4 Å². The molecule has 0 spiro atoms. The second-order valence-electron chi connectivity index (χ2n) is 15.3. The second kappa shape index (κ2) is 32.6. The number of carboxylic acids is 1. The highest BCUT2D eigenvalue weighted by Crippen LogP contribution is 2.40. The van der Waals surface area contributed by atoms with Gasteiger partial charge in [0.05, 0.1) is 25.9 Å². The lowest BCUT2D eigenvalue weighted by atomic mass is 10.1. The molecule has 0 bridgehead atoms. The molecule has 0 aliphatic carbocycles. The van der Waals surface area contributed by atoms with Gasteiger partial charge in [-0.3, -0.25) is 14.4 Å². The summed E-state index contributed by atoms with van der Waals surface area (Å²) in [4.78, 5) is 50.4. The number of nitrogens with one attached hydrogen (secondary N) is 4. The maximum absolute atomic E-state index is 13.5. The van der Waals surface area contributed by atoms with Gasteiger partial charge in [0.15, 0.2) is 11.5 Å². The standard InChI is InChI=1S/C43H74N10O8S2/c1-63-18-13-36(43(57)58)53-42(56)32-6-8-34(9-7-32)51-27-35(28-62)52-39(54)5-3-2-4-14-50-41(55)33-19-37(59-15-10-29(21-44)22-45)40(61-17-12-31(25-48)26-49)38(20-33)60-16-11-30(23-46)24-47/h6-9,19-20,29-31,35-36,51,62H,2-5,10-18,21-28,44-49H2,1H3,(H,50,55)(H,52,54)(H,53,56)(H,57,58)/t35-,36+/m1/s1. The molecule has 0 heterocycles. The molecule has 0 fully saturated rings. The lowest BCUT2D eigenvalue weighted by Gasteiger charge is -2.21. The zero-order chi connectivity index (χ0) is 46.4. The Labute approximate surface area is 382 Å². The monoisotopic (exact) mass is 923 g/mol. The van der Waals surface area contributed by atoms with E-state index in [9.17, 15) is 24.3 Å². The fourth-order valence-corrected chi connectivity index (χ4v) is 6.82. The van der Waals surface area contributed by atoms with Crippen molar-refractivity contribution in [3.63, 3.8) is 0 Å². The third-order valence-electron chi connectivity index (χ3n) is 10.5. The van der Waals surface area contributed by atoms with E-state index in [0.717, 1.165) is 5.69 Å². The van der Waals surface area contributed by atoms with Crippen LogP contribution in [0.4, 0.5) is 5.69 Å². The number of amides is 3. The van der Waals surface area contributed by atoms with Crippen molar-refractivity contribution < 1.29 is 38.5 Å². The van der Waals surface area contributed by atoms with E-state index >= 15 is 0 Å². The topological polar surface area (TPSA) is 320 Å². The van der Waals surface area contributed by atoms with Crippen LogP contribution in [0.25, 0.3) is 0 Å². The van der Waals surface area contributed by atoms with E-state index in [4.69, 9.17) is 48.6 Å². The Bertz CT molecular complexity index is 1580. The lowest BCUT2D eigenvalue weighted by molar-refractivity contribution is -0.139. The fourth-order valence-electron chi connectivity index (χ4n) is 6.13. The molecular weight excluding hydrogens is 849 g/mol. The molecule has 356 valence electrons. The molecule has 2 rings (SSSR count). The summed E-state index contributed by atoms with van der Waals surface area (Å²) in [5.41, 5.74) is 36.6. The first-order valence-corrected chi connectivity index (χ1v) is 23.8. The van der Waals surface area contributed by atoms with E-state index in [1.807, 2.05) is 6.26 Å². The van der Waals surface area contributed by atoms with E-state index < -0.39 is 17.9 Å². The third-order valence-corrected chi connectivity index (χ3v) is 11.6. The highest BCUT2D eigenvalue weighted by atomic mass is 32.2. The first-order valence-electron chi connectivity index (χ1n) is 21.8. The largest absolute Gasteiger partial charge is 0.490 e. The molecule has 0 aliphatic heterocycles. The number of ether oxygens (including phenoxy) is 3. The van der Waals surface area contributed by atoms with Gasteiger partial charge in [0, 0.05) is 42.1 Å². The maximum Gasteiger partial charge on any atom is 0.326 e. The Morgan fingerprint density at radius 3 is 1.73 bits per heavy atom. The molecule has 0 aromatic heterocycles. The Morgan fingerprint density at radius 1 is 0.698 bits per heavy atom. The number of aliphatic carboxylic acids is 1. The minimum Gasteiger partial charge on any atom is -0.490 e. The van der Waals surface area contributed by atoms with Crippen molar-refractivity contribution in [1.82, 2.24) is 16.0 Å². The zero-order valence-corrected chi connectivity index (χ0v) is 38.5. The highest BCUT2D eigenvalue weighted by molar-refractivity contribution is 7.98. The number of hydrogen-bond donors (Lipinski definition) is 12. The summed E-state index contributed by atoms with van der Waals surface area (Å²) in [6.07, 6.45) is 6.32. The summed E-state index contributed by atoms with van der Waals surface area (Å²) in [6.45, 7) is 4.21. The summed E-state index contributed by atoms with van der Waals surface area (Å²) in [6, 6.07) is 8.74. The summed E-state index contributed by atoms with van der Waals surface area (Å²) >= 11 is 5.92. The van der Waals surface area contributed by atoms with Crippen LogP contribution in [-0.4, -0.2) is 131 Å². The van der Waals surface area contributed by atoms with Gasteiger partial charge in [-0.1, -0.05) is 6.42 Å². The number of hydrogen-bond acceptors (Lipinski definition) is 16. The predicted octanol–water partition coefficient (Wildman–Crippen LogP) is 1.35. The Hall–Kier alpha value is -4.02. The number of unbranched alkanes of at least 4 members (excludes halogenated alkanes) is 2. The number of nitrogens with two attached hydrogens (primary N) is 6. The van der Waals surface area contributed by atoms with Crippen molar-refractivity contribution in [3.05, 3.63) is 47.5 Å². The van der Waals surface area contributed by atoms with Gasteiger partial charge in [-0.15, -0.1) is 0 Å². The summed E-state index contributed by atoms with van der Waals surface area (Å²) in [5.74, 6) is 0.336. The van der Waals surface area contributed by atoms with Crippen molar-refractivity contribution >= 4 is 53.8 Å². The molecule has 3 amide bonds. The normalized spacial score (nSPS) is 12.2. The smallest absolute Gasteiger partial charge is 0.326 e. The Balaban J connectivity index is 1.96. The van der Waals surface area contributed by atoms with Crippen LogP contribution in [0, 0.1) is 17.8 Å². The maximum atomic E-state index is 13.5. The molecule has 0 saturated carbocycles. The van der Waals surface area contributed by atoms with Gasteiger partial charge in [-0.25, -0.2) is 4.79 Å². The molecule has 17 N–H and O–H groups in total. The van der Waals surface area contributed by atoms with Crippen molar-refractivity contribution in [2.45, 2.75) is 63.5 Å². The number of thioether (sulfide) groups is 1. The third kappa shape index (κ3) is 21.5. The second-order valence-corrected chi connectivity index (χ2v) is 16.7. The molecular formula is C43H74N10O8S2. The minimum absolute atomic E-state index is 0.0691. The van der Waals surface area contributed by atoms with Gasteiger partial charge < -0.3 is 75.0 Å². The number of thiol groups is 1. The SMILES string of the molecule is CSCC[C@H](NC(=O)c1ccc(NC[C@H](CS)NC(=O)CCCCCNC(=O)c2cc(OCCC(CN)CN)c(OCCC(CN)CN)c(OCCC(CN)CN)c2)cc1)C(=O)O. The van der Waals surface area contributed by atoms with Crippen LogP contribution in [0.5, 0.6) is 17.2 Å². The van der Waals surface area contributed by atoms with Gasteiger partial charge in [0.2, 0.25) is 11.7 Å². The summed E-state index contributed by atoms with van der Waals surface area (Å²) in [5, 5.41) is 21.2. The van der Waals surface area contributed by atoms with Gasteiger partial charge in [0.25, 0.3) is 11.8 Å². The quantitative estimate of drug-likeness (QED) is 0.0339. The average Bonchev–Trinajstić information content (AvgIpc) is 3.29. The first kappa shape index (κ1) is 55.1. The van der Waals surface area contributed by atoms with Crippen LogP contribution in [-0.2, 0) is 9.59 Å². The van der Waals surface area contributed by atoms with E-state index in [2.05, 4.69) is 33.9 Å². The minimum atomic E-state index is -1.07. The number of carbonyl (C=O) groups is 4. The number of benzene rings is 2. The molecule has 2 atom stereocenters. The van der Waals surface area contributed by atoms with Crippen LogP contribution in [0.1, 0.15) is 72.1 Å². The highest BCUT2D eigenvalue weighted by Gasteiger charge is 2.22. The van der Waals surface area contributed by atoms with E-state index in [1.54, 1.807) is 36.4 Å². The van der Waals surface area contributed by atoms with Crippen LogP contribution in [0.2, 0.25) is 0 Å². The average molecular weight is 923 g/mol. The van der Waals surface area contributed by atoms with Crippen LogP contribution in [0.3, 0.4) is 0 Å². The Kier molecular flexibility index (Phi) is 28.5. The van der Waals surface area contributed by atoms with Crippen molar-refractivity contribution in [2.24, 2.45) is 52.2 Å². The van der Waals surface area contributed by atoms with Gasteiger partial charge >= 0.3 is 5.97 Å². The number of anilines is 1. The molecule has 0 unspecified atom stereocenters. The van der Waals surface area contributed by atoms with Crippen LogP contribution in [0.15, 0.2) is 36.4 Å². The van der Waals surface area contributed by atoms with Crippen molar-refractivity contribution in [3.8, 4) is 17.2 Å². The lowest BCUT2D eigenvalue weighted by Crippen LogP contribution is -2.41. The number of rotatable bonds is 36.